The molecular formula is C38H43N3O2. The first-order chi connectivity index (χ1) is 20.7. The molecule has 0 amide bonds. The predicted octanol–water partition coefficient (Wildman–Crippen LogP) is 8.72. The highest BCUT2D eigenvalue weighted by Gasteiger charge is 2.23. The molecule has 0 saturated carbocycles. The lowest BCUT2D eigenvalue weighted by Crippen LogP contribution is -2.07. The van der Waals surface area contributed by atoms with Crippen LogP contribution >= 0.6 is 0 Å². The summed E-state index contributed by atoms with van der Waals surface area (Å²) in [7, 11) is 0. The molecule has 0 atom stereocenters. The van der Waals surface area contributed by atoms with Gasteiger partial charge in [-0.25, -0.2) is 4.79 Å². The standard InChI is InChI=1S/C38H43N3O2/c1-8-30-26(6)34(20-33-25(5)24(4)32(39-33)19-28-17-15-23(3)16-18-28)40-35(30)21-36-31(9-2)27(7)37(41-36)38(42)43-22-29-13-11-10-12-14-29/h10-18,20,40-41H,8-9,19,21-22H2,1-7H3/b33-20-. The third kappa shape index (κ3) is 6.36. The van der Waals surface area contributed by atoms with Crippen LogP contribution in [0, 0.1) is 20.8 Å². The van der Waals surface area contributed by atoms with Crippen LogP contribution in [0.3, 0.4) is 0 Å². The number of esters is 1. The highest BCUT2D eigenvalue weighted by molar-refractivity contribution is 6.06. The zero-order valence-electron chi connectivity index (χ0n) is 26.6. The fourth-order valence-corrected chi connectivity index (χ4v) is 6.07. The molecule has 1 aliphatic heterocycles. The molecule has 2 N–H and O–H groups in total. The molecule has 0 bridgehead atoms. The van der Waals surface area contributed by atoms with E-state index >= 15 is 0 Å². The molecule has 43 heavy (non-hydrogen) atoms. The number of benzene rings is 2. The number of hydrogen-bond acceptors (Lipinski definition) is 3. The van der Waals surface area contributed by atoms with E-state index in [0.717, 1.165) is 53.2 Å². The van der Waals surface area contributed by atoms with E-state index in [4.69, 9.17) is 9.73 Å². The molecule has 5 nitrogen and oxygen atoms in total. The van der Waals surface area contributed by atoms with Gasteiger partial charge in [-0.1, -0.05) is 74.0 Å². The number of ether oxygens (including phenoxy) is 1. The number of aromatic nitrogens is 2. The maximum absolute atomic E-state index is 13.1. The van der Waals surface area contributed by atoms with Crippen LogP contribution in [0.25, 0.3) is 6.08 Å². The lowest BCUT2D eigenvalue weighted by molar-refractivity contribution is 0.0465. The number of hydrogen-bond donors (Lipinski definition) is 2. The molecule has 4 aromatic rings. The zero-order chi connectivity index (χ0) is 30.7. The molecule has 222 valence electrons. The second-order valence-corrected chi connectivity index (χ2v) is 11.6. The van der Waals surface area contributed by atoms with Crippen LogP contribution in [0.1, 0.15) is 94.2 Å². The van der Waals surface area contributed by atoms with Gasteiger partial charge in [0.1, 0.15) is 12.3 Å². The van der Waals surface area contributed by atoms with E-state index in [2.05, 4.69) is 81.9 Å². The third-order valence-electron chi connectivity index (χ3n) is 8.86. The Morgan fingerprint density at radius 2 is 1.42 bits per heavy atom. The van der Waals surface area contributed by atoms with Gasteiger partial charge in [-0.3, -0.25) is 4.99 Å². The number of carbonyl (C=O) groups excluding carboxylic acids is 1. The number of allylic oxidation sites excluding steroid dienone is 2. The Balaban J connectivity index is 1.40. The zero-order valence-corrected chi connectivity index (χ0v) is 26.6. The summed E-state index contributed by atoms with van der Waals surface area (Å²) in [6.45, 7) is 15.3. The number of aromatic amines is 2. The van der Waals surface area contributed by atoms with Gasteiger partial charge in [0.2, 0.25) is 0 Å². The van der Waals surface area contributed by atoms with Crippen molar-refractivity contribution >= 4 is 17.8 Å². The largest absolute Gasteiger partial charge is 0.456 e. The molecule has 0 saturated heterocycles. The van der Waals surface area contributed by atoms with Crippen molar-refractivity contribution in [3.63, 3.8) is 0 Å². The first-order valence-electron chi connectivity index (χ1n) is 15.3. The minimum atomic E-state index is -0.315. The van der Waals surface area contributed by atoms with Gasteiger partial charge in [-0.2, -0.15) is 0 Å². The molecule has 5 heteroatoms. The van der Waals surface area contributed by atoms with Crippen molar-refractivity contribution in [1.29, 1.82) is 0 Å². The molecule has 0 radical (unpaired) electrons. The number of nitrogens with one attached hydrogen (secondary N) is 2. The smallest absolute Gasteiger partial charge is 0.355 e. The van der Waals surface area contributed by atoms with Gasteiger partial charge in [0.05, 0.1) is 5.70 Å². The summed E-state index contributed by atoms with van der Waals surface area (Å²) in [5.74, 6) is -0.315. The average molecular weight is 574 g/mol. The van der Waals surface area contributed by atoms with Crippen molar-refractivity contribution in [1.82, 2.24) is 9.97 Å². The number of aliphatic imine (C=N–C) groups is 1. The maximum atomic E-state index is 13.1. The normalized spacial score (nSPS) is 14.1. The van der Waals surface area contributed by atoms with Crippen LogP contribution in [0.15, 0.2) is 76.4 Å². The Morgan fingerprint density at radius 3 is 2.09 bits per heavy atom. The molecule has 0 unspecified atom stereocenters. The minimum absolute atomic E-state index is 0.255. The van der Waals surface area contributed by atoms with Crippen LogP contribution in [-0.2, 0) is 37.0 Å². The minimum Gasteiger partial charge on any atom is -0.456 e. The first-order valence-corrected chi connectivity index (χ1v) is 15.3. The lowest BCUT2D eigenvalue weighted by Gasteiger charge is -2.05. The van der Waals surface area contributed by atoms with Crippen molar-refractivity contribution in [3.05, 3.63) is 133 Å². The summed E-state index contributed by atoms with van der Waals surface area (Å²) >= 11 is 0. The van der Waals surface area contributed by atoms with E-state index in [0.29, 0.717) is 12.1 Å². The van der Waals surface area contributed by atoms with E-state index < -0.39 is 0 Å². The van der Waals surface area contributed by atoms with E-state index in [1.54, 1.807) is 0 Å². The SMILES string of the molecule is CCc1c(Cc2[nH]c(C(=O)OCc3ccccc3)c(C)c2CC)[nH]c(/C=C2\N=C(Cc3ccc(C)cc3)C(C)=C2C)c1C. The van der Waals surface area contributed by atoms with E-state index in [1.165, 1.54) is 44.7 Å². The van der Waals surface area contributed by atoms with Crippen molar-refractivity contribution in [2.75, 3.05) is 0 Å². The molecule has 3 heterocycles. The van der Waals surface area contributed by atoms with E-state index in [-0.39, 0.29) is 12.6 Å². The van der Waals surface area contributed by atoms with Gasteiger partial charge in [0.25, 0.3) is 0 Å². The van der Waals surface area contributed by atoms with E-state index in [9.17, 15) is 4.79 Å². The molecule has 2 aromatic carbocycles. The highest BCUT2D eigenvalue weighted by Crippen LogP contribution is 2.31. The summed E-state index contributed by atoms with van der Waals surface area (Å²) < 4.78 is 5.67. The van der Waals surface area contributed by atoms with Gasteiger partial charge < -0.3 is 14.7 Å². The Bertz CT molecular complexity index is 1730. The Hall–Kier alpha value is -4.38. The lowest BCUT2D eigenvalue weighted by atomic mass is 10.00. The second kappa shape index (κ2) is 12.9. The van der Waals surface area contributed by atoms with Crippen LogP contribution in [0.5, 0.6) is 0 Å². The highest BCUT2D eigenvalue weighted by atomic mass is 16.5. The Morgan fingerprint density at radius 1 is 0.767 bits per heavy atom. The van der Waals surface area contributed by atoms with Gasteiger partial charge >= 0.3 is 5.97 Å². The number of nitrogens with zero attached hydrogens (tertiary/aromatic N) is 1. The number of H-pyrrole nitrogens is 2. The fourth-order valence-electron chi connectivity index (χ4n) is 6.07. The maximum Gasteiger partial charge on any atom is 0.355 e. The monoisotopic (exact) mass is 573 g/mol. The van der Waals surface area contributed by atoms with E-state index in [1.807, 2.05) is 37.3 Å². The van der Waals surface area contributed by atoms with Crippen molar-refractivity contribution < 1.29 is 9.53 Å². The van der Waals surface area contributed by atoms with Crippen molar-refractivity contribution in [3.8, 4) is 0 Å². The summed E-state index contributed by atoms with van der Waals surface area (Å²) in [4.78, 5) is 25.3. The van der Waals surface area contributed by atoms with Gasteiger partial charge in [0, 0.05) is 35.6 Å². The van der Waals surface area contributed by atoms with Crippen LogP contribution in [0.4, 0.5) is 0 Å². The summed E-state index contributed by atoms with van der Waals surface area (Å²) in [6.07, 6.45) is 5.48. The summed E-state index contributed by atoms with van der Waals surface area (Å²) in [5, 5.41) is 0. The fraction of sp³-hybridized carbons (Fsp3) is 0.316. The summed E-state index contributed by atoms with van der Waals surface area (Å²) in [5.41, 5.74) is 16.7. The second-order valence-electron chi connectivity index (χ2n) is 11.6. The summed E-state index contributed by atoms with van der Waals surface area (Å²) in [6, 6.07) is 18.5. The van der Waals surface area contributed by atoms with Crippen LogP contribution in [0.2, 0.25) is 0 Å². The molecule has 0 fully saturated rings. The van der Waals surface area contributed by atoms with Crippen molar-refractivity contribution in [2.45, 2.75) is 80.8 Å². The van der Waals surface area contributed by atoms with Gasteiger partial charge in [-0.05, 0) is 98.1 Å². The predicted molar refractivity (Wildman–Crippen MR) is 177 cm³/mol. The van der Waals surface area contributed by atoms with Crippen LogP contribution < -0.4 is 0 Å². The molecule has 1 aliphatic rings. The van der Waals surface area contributed by atoms with Gasteiger partial charge in [0.15, 0.2) is 0 Å². The molecule has 0 aliphatic carbocycles. The molecule has 2 aromatic heterocycles. The molecular weight excluding hydrogens is 530 g/mol. The van der Waals surface area contributed by atoms with Crippen molar-refractivity contribution in [2.24, 2.45) is 4.99 Å². The first kappa shape index (κ1) is 30.1. The quantitative estimate of drug-likeness (QED) is 0.186. The Labute approximate surface area is 255 Å². The van der Waals surface area contributed by atoms with Crippen LogP contribution in [-0.4, -0.2) is 21.6 Å². The van der Waals surface area contributed by atoms with Gasteiger partial charge in [-0.15, -0.1) is 0 Å². The molecule has 0 spiro atoms. The Kier molecular flexibility index (Phi) is 9.00. The number of rotatable bonds is 10. The average Bonchev–Trinajstić information content (AvgIpc) is 3.58. The topological polar surface area (TPSA) is 70.2 Å². The third-order valence-corrected chi connectivity index (χ3v) is 8.86. The number of carbonyl (C=O) groups is 1. The molecule has 5 rings (SSSR count). The number of aryl methyl sites for hydroxylation is 1.